The lowest BCUT2D eigenvalue weighted by atomic mass is 9.94. The molecule has 1 saturated carbocycles. The number of aromatic amines is 1. The predicted octanol–water partition coefficient (Wildman–Crippen LogP) is 2.47. The van der Waals surface area contributed by atoms with E-state index in [-0.39, 0.29) is 5.54 Å². The van der Waals surface area contributed by atoms with Crippen LogP contribution in [0, 0.1) is 5.92 Å². The fourth-order valence-electron chi connectivity index (χ4n) is 5.77. The van der Waals surface area contributed by atoms with Crippen LogP contribution in [0.5, 0.6) is 0 Å². The lowest BCUT2D eigenvalue weighted by molar-refractivity contribution is -0.132. The number of carbonyl (C=O) groups is 1. The van der Waals surface area contributed by atoms with Gasteiger partial charge in [-0.15, -0.1) is 0 Å². The van der Waals surface area contributed by atoms with Crippen molar-refractivity contribution < 1.29 is 9.53 Å². The molecule has 35 heavy (non-hydrogen) atoms. The SMILES string of the molecule is O=C(C1CC1)N1CCN(c2ccnc3[nH]c(-c4ccc(N5CCNC6(COC6)C5)cc4)cc23)CC1. The smallest absolute Gasteiger partial charge is 0.225 e. The Balaban J connectivity index is 1.09. The number of rotatable bonds is 4. The molecule has 8 heteroatoms. The van der Waals surface area contributed by atoms with Crippen molar-refractivity contribution in [1.29, 1.82) is 0 Å². The van der Waals surface area contributed by atoms with Crippen molar-refractivity contribution >= 4 is 28.3 Å². The van der Waals surface area contributed by atoms with Gasteiger partial charge < -0.3 is 29.7 Å². The number of ether oxygens (including phenoxy) is 1. The summed E-state index contributed by atoms with van der Waals surface area (Å²) in [6.07, 6.45) is 4.03. The summed E-state index contributed by atoms with van der Waals surface area (Å²) in [6, 6.07) is 13.2. The van der Waals surface area contributed by atoms with Crippen molar-refractivity contribution in [2.45, 2.75) is 18.4 Å². The molecular formula is C27H32N6O2. The van der Waals surface area contributed by atoms with E-state index in [0.29, 0.717) is 11.8 Å². The van der Waals surface area contributed by atoms with E-state index in [1.807, 2.05) is 6.20 Å². The van der Waals surface area contributed by atoms with Gasteiger partial charge in [0.2, 0.25) is 5.91 Å². The van der Waals surface area contributed by atoms with Crippen LogP contribution in [-0.2, 0) is 9.53 Å². The molecule has 5 heterocycles. The van der Waals surface area contributed by atoms with Crippen LogP contribution >= 0.6 is 0 Å². The molecule has 0 unspecified atom stereocenters. The van der Waals surface area contributed by atoms with Crippen molar-refractivity contribution in [1.82, 2.24) is 20.2 Å². The quantitative estimate of drug-likeness (QED) is 0.608. The Labute approximate surface area is 205 Å². The zero-order valence-electron chi connectivity index (χ0n) is 20.0. The number of nitrogens with one attached hydrogen (secondary N) is 2. The van der Waals surface area contributed by atoms with Gasteiger partial charge in [-0.1, -0.05) is 12.1 Å². The zero-order valence-corrected chi connectivity index (χ0v) is 20.0. The first-order valence-electron chi connectivity index (χ1n) is 12.9. The highest BCUT2D eigenvalue weighted by molar-refractivity contribution is 5.94. The van der Waals surface area contributed by atoms with Gasteiger partial charge in [-0.25, -0.2) is 4.98 Å². The third kappa shape index (κ3) is 3.85. The second-order valence-electron chi connectivity index (χ2n) is 10.5. The Bertz CT molecular complexity index is 1240. The van der Waals surface area contributed by atoms with Gasteiger partial charge in [0, 0.05) is 80.4 Å². The maximum absolute atomic E-state index is 12.4. The van der Waals surface area contributed by atoms with Crippen molar-refractivity contribution in [3.63, 3.8) is 0 Å². The minimum Gasteiger partial charge on any atom is -0.377 e. The summed E-state index contributed by atoms with van der Waals surface area (Å²) < 4.78 is 5.47. The van der Waals surface area contributed by atoms with Gasteiger partial charge in [-0.2, -0.15) is 0 Å². The van der Waals surface area contributed by atoms with E-state index in [2.05, 4.69) is 66.4 Å². The lowest BCUT2D eigenvalue weighted by Gasteiger charge is -2.49. The van der Waals surface area contributed by atoms with Crippen LogP contribution in [0.3, 0.4) is 0 Å². The monoisotopic (exact) mass is 472 g/mol. The first-order valence-corrected chi connectivity index (χ1v) is 12.9. The summed E-state index contributed by atoms with van der Waals surface area (Å²) in [5, 5.41) is 4.77. The van der Waals surface area contributed by atoms with Gasteiger partial charge in [-0.3, -0.25) is 4.79 Å². The molecule has 3 aromatic rings. The van der Waals surface area contributed by atoms with Crippen LogP contribution in [0.2, 0.25) is 0 Å². The molecule has 0 radical (unpaired) electrons. The maximum atomic E-state index is 12.4. The molecule has 2 aromatic heterocycles. The first kappa shape index (κ1) is 21.2. The highest BCUT2D eigenvalue weighted by atomic mass is 16.5. The molecule has 4 fully saturated rings. The Hall–Kier alpha value is -3.10. The van der Waals surface area contributed by atoms with Gasteiger partial charge in [0.15, 0.2) is 0 Å². The van der Waals surface area contributed by atoms with Gasteiger partial charge in [0.05, 0.1) is 18.8 Å². The highest BCUT2D eigenvalue weighted by Gasteiger charge is 2.42. The van der Waals surface area contributed by atoms with E-state index in [0.717, 1.165) is 94.2 Å². The topological polar surface area (TPSA) is 76.7 Å². The van der Waals surface area contributed by atoms with Gasteiger partial charge >= 0.3 is 0 Å². The standard InChI is InChI=1S/C27H32N6O2/c34-26(20-1-2-20)32-13-11-31(12-14-32)24-7-8-28-25-22(24)15-23(30-25)19-3-5-21(6-4-19)33-10-9-29-27(16-33)17-35-18-27/h3-8,15,20,29H,1-2,9-14,16-18H2,(H,28,30). The minimum atomic E-state index is 0.132. The largest absolute Gasteiger partial charge is 0.377 e. The molecule has 1 spiro atoms. The number of benzene rings is 1. The van der Waals surface area contributed by atoms with Crippen LogP contribution < -0.4 is 15.1 Å². The average Bonchev–Trinajstić information content (AvgIpc) is 3.65. The summed E-state index contributed by atoms with van der Waals surface area (Å²) in [5.41, 5.74) is 5.74. The van der Waals surface area contributed by atoms with E-state index < -0.39 is 0 Å². The average molecular weight is 473 g/mol. The third-order valence-corrected chi connectivity index (χ3v) is 8.04. The highest BCUT2D eigenvalue weighted by Crippen LogP contribution is 2.34. The van der Waals surface area contributed by atoms with E-state index in [9.17, 15) is 4.79 Å². The summed E-state index contributed by atoms with van der Waals surface area (Å²) in [6.45, 7) is 7.94. The molecular weight excluding hydrogens is 440 g/mol. The fourth-order valence-corrected chi connectivity index (χ4v) is 5.77. The van der Waals surface area contributed by atoms with E-state index in [1.165, 1.54) is 11.4 Å². The van der Waals surface area contributed by atoms with Crippen LogP contribution in [-0.4, -0.2) is 85.3 Å². The number of pyridine rings is 1. The molecule has 1 amide bonds. The fraction of sp³-hybridized carbons (Fsp3) is 0.481. The zero-order chi connectivity index (χ0) is 23.4. The van der Waals surface area contributed by atoms with E-state index >= 15 is 0 Å². The van der Waals surface area contributed by atoms with Crippen molar-refractivity contribution in [2.75, 3.05) is 68.8 Å². The number of hydrogen-bond donors (Lipinski definition) is 2. The Morgan fingerprint density at radius 2 is 1.80 bits per heavy atom. The summed E-state index contributed by atoms with van der Waals surface area (Å²) in [5.74, 6) is 0.654. The van der Waals surface area contributed by atoms with Crippen molar-refractivity contribution in [3.05, 3.63) is 42.6 Å². The molecule has 0 bridgehead atoms. The molecule has 1 aromatic carbocycles. The molecule has 4 aliphatic rings. The van der Waals surface area contributed by atoms with Crippen LogP contribution in [0.4, 0.5) is 11.4 Å². The Kier molecular flexibility index (Phi) is 4.99. The first-order chi connectivity index (χ1) is 17.2. The van der Waals surface area contributed by atoms with Crippen molar-refractivity contribution in [3.8, 4) is 11.3 Å². The summed E-state index contributed by atoms with van der Waals surface area (Å²) in [4.78, 5) is 27.5. The summed E-state index contributed by atoms with van der Waals surface area (Å²) >= 11 is 0. The van der Waals surface area contributed by atoms with Gasteiger partial charge in [0.25, 0.3) is 0 Å². The Morgan fingerprint density at radius 3 is 2.51 bits per heavy atom. The molecule has 7 rings (SSSR count). The summed E-state index contributed by atoms with van der Waals surface area (Å²) in [7, 11) is 0. The van der Waals surface area contributed by atoms with Crippen LogP contribution in [0.1, 0.15) is 12.8 Å². The molecule has 3 aliphatic heterocycles. The number of carbonyl (C=O) groups excluding carboxylic acids is 1. The number of fused-ring (bicyclic) bond motifs is 1. The molecule has 2 N–H and O–H groups in total. The molecule has 1 aliphatic carbocycles. The molecule has 0 atom stereocenters. The number of nitrogens with zero attached hydrogens (tertiary/aromatic N) is 4. The minimum absolute atomic E-state index is 0.132. The van der Waals surface area contributed by atoms with Crippen LogP contribution in [0.15, 0.2) is 42.6 Å². The maximum Gasteiger partial charge on any atom is 0.225 e. The van der Waals surface area contributed by atoms with Gasteiger partial charge in [-0.05, 0) is 42.7 Å². The number of hydrogen-bond acceptors (Lipinski definition) is 6. The lowest BCUT2D eigenvalue weighted by Crippen LogP contribution is -2.70. The van der Waals surface area contributed by atoms with E-state index in [4.69, 9.17) is 4.74 Å². The number of amides is 1. The number of anilines is 2. The van der Waals surface area contributed by atoms with E-state index in [1.54, 1.807) is 0 Å². The predicted molar refractivity (Wildman–Crippen MR) is 137 cm³/mol. The second-order valence-corrected chi connectivity index (χ2v) is 10.5. The van der Waals surface area contributed by atoms with Gasteiger partial charge in [0.1, 0.15) is 5.65 Å². The molecule has 3 saturated heterocycles. The Morgan fingerprint density at radius 1 is 1.00 bits per heavy atom. The van der Waals surface area contributed by atoms with Crippen molar-refractivity contribution in [2.24, 2.45) is 5.92 Å². The number of piperazine rings is 2. The third-order valence-electron chi connectivity index (χ3n) is 8.04. The number of aromatic nitrogens is 2. The molecule has 182 valence electrons. The second kappa shape index (κ2) is 8.24. The molecule has 8 nitrogen and oxygen atoms in total. The van der Waals surface area contributed by atoms with Crippen LogP contribution in [0.25, 0.3) is 22.3 Å². The normalized spacial score (nSPS) is 22.0. The number of H-pyrrole nitrogens is 1.